The molecule has 3 N–H and O–H groups in total. The van der Waals surface area contributed by atoms with Crippen molar-refractivity contribution >= 4 is 27.6 Å². The zero-order chi connectivity index (χ0) is 15.4. The van der Waals surface area contributed by atoms with Crippen LogP contribution in [0.15, 0.2) is 46.9 Å². The largest absolute Gasteiger partial charge is 0.478 e. The molecule has 0 spiro atoms. The van der Waals surface area contributed by atoms with Gasteiger partial charge in [-0.05, 0) is 36.4 Å². The van der Waals surface area contributed by atoms with Crippen LogP contribution in [0.2, 0.25) is 0 Å². The van der Waals surface area contributed by atoms with E-state index >= 15 is 0 Å². The molecule has 0 fully saturated rings. The van der Waals surface area contributed by atoms with Gasteiger partial charge in [0, 0.05) is 23.2 Å². The molecule has 0 saturated heterocycles. The quantitative estimate of drug-likeness (QED) is 0.813. The van der Waals surface area contributed by atoms with Gasteiger partial charge in [-0.25, -0.2) is 4.79 Å². The maximum Gasteiger partial charge on any atom is 0.338 e. The summed E-state index contributed by atoms with van der Waals surface area (Å²) in [5.41, 5.74) is 8.14. The van der Waals surface area contributed by atoms with Crippen molar-refractivity contribution in [1.82, 2.24) is 4.90 Å². The van der Waals surface area contributed by atoms with E-state index in [9.17, 15) is 9.90 Å². The van der Waals surface area contributed by atoms with Gasteiger partial charge in [0.05, 0.1) is 5.56 Å². The number of anilines is 1. The number of carboxylic acids is 1. The Kier molecular flexibility index (Phi) is 4.98. The van der Waals surface area contributed by atoms with E-state index in [1.807, 2.05) is 31.3 Å². The Bertz CT molecular complexity index is 658. The highest BCUT2D eigenvalue weighted by atomic mass is 79.9. The molecule has 2 rings (SSSR count). The lowest BCUT2D eigenvalue weighted by Crippen LogP contribution is -2.19. The minimum Gasteiger partial charge on any atom is -0.478 e. The molecule has 21 heavy (non-hydrogen) atoms. The first-order valence-corrected chi connectivity index (χ1v) is 7.30. The molecule has 0 aliphatic carbocycles. The van der Waals surface area contributed by atoms with Crippen LogP contribution in [0.5, 0.6) is 0 Å². The Balaban J connectivity index is 2.15. The minimum absolute atomic E-state index is 0.193. The predicted molar refractivity (Wildman–Crippen MR) is 87.1 cm³/mol. The molecule has 0 bridgehead atoms. The average molecular weight is 349 g/mol. The van der Waals surface area contributed by atoms with Gasteiger partial charge in [-0.1, -0.05) is 40.2 Å². The van der Waals surface area contributed by atoms with E-state index in [-0.39, 0.29) is 5.56 Å². The Labute approximate surface area is 132 Å². The van der Waals surface area contributed by atoms with Gasteiger partial charge < -0.3 is 10.8 Å². The minimum atomic E-state index is -0.987. The molecular weight excluding hydrogens is 332 g/mol. The number of nitrogens with two attached hydrogens (primary N) is 1. The van der Waals surface area contributed by atoms with E-state index in [1.54, 1.807) is 18.2 Å². The van der Waals surface area contributed by atoms with Crippen LogP contribution in [-0.4, -0.2) is 23.0 Å². The summed E-state index contributed by atoms with van der Waals surface area (Å²) in [5.74, 6) is -0.987. The number of nitrogen functional groups attached to an aromatic ring is 1. The topological polar surface area (TPSA) is 66.6 Å². The Morgan fingerprint density at radius 1 is 1.24 bits per heavy atom. The summed E-state index contributed by atoms with van der Waals surface area (Å²) in [6.45, 7) is 1.26. The SMILES string of the molecule is CN(Cc1cccc(Br)c1)Cc1cccc(N)c1C(=O)O. The summed E-state index contributed by atoms with van der Waals surface area (Å²) in [5, 5.41) is 9.28. The number of carbonyl (C=O) groups is 1. The molecule has 0 aromatic heterocycles. The summed E-state index contributed by atoms with van der Waals surface area (Å²) in [7, 11) is 1.95. The Morgan fingerprint density at radius 3 is 2.62 bits per heavy atom. The molecule has 2 aromatic rings. The van der Waals surface area contributed by atoms with E-state index in [1.165, 1.54) is 0 Å². The maximum atomic E-state index is 11.3. The summed E-state index contributed by atoms with van der Waals surface area (Å²) in [6, 6.07) is 13.2. The van der Waals surface area contributed by atoms with Crippen LogP contribution >= 0.6 is 15.9 Å². The van der Waals surface area contributed by atoms with E-state index in [2.05, 4.69) is 20.8 Å². The first-order valence-electron chi connectivity index (χ1n) is 6.51. The van der Waals surface area contributed by atoms with Gasteiger partial charge in [0.1, 0.15) is 0 Å². The van der Waals surface area contributed by atoms with Crippen molar-refractivity contribution < 1.29 is 9.90 Å². The summed E-state index contributed by atoms with van der Waals surface area (Å²) in [6.07, 6.45) is 0. The Morgan fingerprint density at radius 2 is 1.95 bits per heavy atom. The van der Waals surface area contributed by atoms with Crippen LogP contribution in [0.4, 0.5) is 5.69 Å². The zero-order valence-corrected chi connectivity index (χ0v) is 13.3. The second-order valence-corrected chi connectivity index (χ2v) is 5.90. The standard InChI is InChI=1S/C16H17BrN2O2/c1-19(9-11-4-2-6-13(17)8-11)10-12-5-3-7-14(18)15(12)16(20)21/h2-8H,9-10,18H2,1H3,(H,20,21). The van der Waals surface area contributed by atoms with E-state index in [0.29, 0.717) is 12.2 Å². The first-order chi connectivity index (χ1) is 9.97. The lowest BCUT2D eigenvalue weighted by molar-refractivity contribution is 0.0696. The number of halogens is 1. The molecule has 0 saturated carbocycles. The van der Waals surface area contributed by atoms with Crippen molar-refractivity contribution in [2.24, 2.45) is 0 Å². The van der Waals surface area contributed by atoms with Gasteiger partial charge in [0.25, 0.3) is 0 Å². The number of carboxylic acid groups (broad SMARTS) is 1. The fourth-order valence-electron chi connectivity index (χ4n) is 2.31. The molecular formula is C16H17BrN2O2. The number of benzene rings is 2. The zero-order valence-electron chi connectivity index (χ0n) is 11.7. The van der Waals surface area contributed by atoms with Crippen LogP contribution in [0.3, 0.4) is 0 Å². The first kappa shape index (κ1) is 15.5. The molecule has 110 valence electrons. The van der Waals surface area contributed by atoms with Crippen LogP contribution in [0.1, 0.15) is 21.5 Å². The van der Waals surface area contributed by atoms with Crippen LogP contribution < -0.4 is 5.73 Å². The van der Waals surface area contributed by atoms with E-state index < -0.39 is 5.97 Å². The van der Waals surface area contributed by atoms with Gasteiger partial charge in [0.15, 0.2) is 0 Å². The molecule has 0 heterocycles. The predicted octanol–water partition coefficient (Wildman–Crippen LogP) is 3.36. The molecule has 0 aliphatic rings. The van der Waals surface area contributed by atoms with Crippen molar-refractivity contribution in [3.8, 4) is 0 Å². The molecule has 4 nitrogen and oxygen atoms in total. The van der Waals surface area contributed by atoms with Gasteiger partial charge in [-0.2, -0.15) is 0 Å². The van der Waals surface area contributed by atoms with E-state index in [0.717, 1.165) is 22.1 Å². The third-order valence-corrected chi connectivity index (χ3v) is 3.67. The summed E-state index contributed by atoms with van der Waals surface area (Å²) >= 11 is 3.45. The third kappa shape index (κ3) is 4.06. The summed E-state index contributed by atoms with van der Waals surface area (Å²) in [4.78, 5) is 13.4. The number of hydrogen-bond acceptors (Lipinski definition) is 3. The van der Waals surface area contributed by atoms with Crippen molar-refractivity contribution in [2.75, 3.05) is 12.8 Å². The van der Waals surface area contributed by atoms with Crippen molar-refractivity contribution in [2.45, 2.75) is 13.1 Å². The van der Waals surface area contributed by atoms with Gasteiger partial charge >= 0.3 is 5.97 Å². The van der Waals surface area contributed by atoms with Crippen LogP contribution in [0.25, 0.3) is 0 Å². The highest BCUT2D eigenvalue weighted by molar-refractivity contribution is 9.10. The molecule has 0 amide bonds. The molecule has 0 unspecified atom stereocenters. The van der Waals surface area contributed by atoms with Crippen molar-refractivity contribution in [3.63, 3.8) is 0 Å². The maximum absolute atomic E-state index is 11.3. The van der Waals surface area contributed by atoms with Gasteiger partial charge in [-0.15, -0.1) is 0 Å². The Hall–Kier alpha value is -1.85. The number of hydrogen-bond donors (Lipinski definition) is 2. The lowest BCUT2D eigenvalue weighted by atomic mass is 10.0. The van der Waals surface area contributed by atoms with Crippen LogP contribution in [0, 0.1) is 0 Å². The van der Waals surface area contributed by atoms with Gasteiger partial charge in [-0.3, -0.25) is 4.90 Å². The highest BCUT2D eigenvalue weighted by Gasteiger charge is 2.14. The number of aromatic carboxylic acids is 1. The lowest BCUT2D eigenvalue weighted by Gasteiger charge is -2.19. The second-order valence-electron chi connectivity index (χ2n) is 4.99. The average Bonchev–Trinajstić information content (AvgIpc) is 2.37. The fraction of sp³-hybridized carbons (Fsp3) is 0.188. The summed E-state index contributed by atoms with van der Waals surface area (Å²) < 4.78 is 1.03. The van der Waals surface area contributed by atoms with E-state index in [4.69, 9.17) is 5.73 Å². The molecule has 2 aromatic carbocycles. The third-order valence-electron chi connectivity index (χ3n) is 3.18. The van der Waals surface area contributed by atoms with Gasteiger partial charge in [0.2, 0.25) is 0 Å². The smallest absolute Gasteiger partial charge is 0.338 e. The van der Waals surface area contributed by atoms with Crippen molar-refractivity contribution in [1.29, 1.82) is 0 Å². The monoisotopic (exact) mass is 348 g/mol. The molecule has 0 atom stereocenters. The molecule has 5 heteroatoms. The fourth-order valence-corrected chi connectivity index (χ4v) is 2.75. The molecule has 0 radical (unpaired) electrons. The number of nitrogens with zero attached hydrogens (tertiary/aromatic N) is 1. The highest BCUT2D eigenvalue weighted by Crippen LogP contribution is 2.20. The molecule has 0 aliphatic heterocycles. The normalized spacial score (nSPS) is 10.8. The van der Waals surface area contributed by atoms with Crippen molar-refractivity contribution in [3.05, 3.63) is 63.6 Å². The number of rotatable bonds is 5. The van der Waals surface area contributed by atoms with Crippen LogP contribution in [-0.2, 0) is 13.1 Å². The second kappa shape index (κ2) is 6.74.